The summed E-state index contributed by atoms with van der Waals surface area (Å²) in [5.74, 6) is 1.29. The Balaban J connectivity index is 1.26. The number of ether oxygens (including phenoxy) is 3. The fraction of sp³-hybridized carbons (Fsp3) is 0.520. The number of nitrogens with two attached hydrogens (primary N) is 1. The van der Waals surface area contributed by atoms with Gasteiger partial charge in [-0.25, -0.2) is 19.4 Å². The minimum absolute atomic E-state index is 0.0112. The van der Waals surface area contributed by atoms with Crippen molar-refractivity contribution in [3.8, 4) is 22.8 Å². The number of hydrogen-bond donors (Lipinski definition) is 3. The van der Waals surface area contributed by atoms with E-state index in [1.54, 1.807) is 6.07 Å². The number of nitrogens with one attached hydrogen (secondary N) is 2. The van der Waals surface area contributed by atoms with Crippen LogP contribution >= 0.6 is 0 Å². The van der Waals surface area contributed by atoms with Crippen molar-refractivity contribution in [2.24, 2.45) is 0 Å². The van der Waals surface area contributed by atoms with E-state index >= 15 is 0 Å². The van der Waals surface area contributed by atoms with E-state index in [1.807, 2.05) is 10.7 Å². The van der Waals surface area contributed by atoms with Gasteiger partial charge in [-0.2, -0.15) is 5.10 Å². The number of nitrogen functional groups attached to an aromatic ring is 1. The first-order valence-electron chi connectivity index (χ1n) is 12.9. The molecule has 2 fully saturated rings. The number of benzene rings is 1. The van der Waals surface area contributed by atoms with Gasteiger partial charge in [0.1, 0.15) is 17.8 Å². The monoisotopic (exact) mass is 523 g/mol. The molecule has 38 heavy (non-hydrogen) atoms. The molecule has 13 nitrogen and oxygen atoms in total. The molecule has 2 aromatic heterocycles. The first-order valence-corrected chi connectivity index (χ1v) is 12.9. The van der Waals surface area contributed by atoms with Crippen LogP contribution in [0.2, 0.25) is 0 Å². The first kappa shape index (κ1) is 24.6. The molecule has 202 valence electrons. The Kier molecular flexibility index (Phi) is 6.64. The Morgan fingerprint density at radius 1 is 1.13 bits per heavy atom. The lowest BCUT2D eigenvalue weighted by molar-refractivity contribution is 0.000732. The van der Waals surface area contributed by atoms with E-state index in [9.17, 15) is 4.79 Å². The first-order chi connectivity index (χ1) is 18.5. The summed E-state index contributed by atoms with van der Waals surface area (Å²) in [6.07, 6.45) is 3.78. The molecule has 1 aromatic carbocycles. The quantitative estimate of drug-likeness (QED) is 0.415. The zero-order valence-corrected chi connectivity index (χ0v) is 21.6. The molecule has 3 aromatic rings. The molecular formula is C25H33N9O4. The molecule has 6 rings (SSSR count). The highest BCUT2D eigenvalue weighted by Gasteiger charge is 2.29. The highest BCUT2D eigenvalue weighted by Crippen LogP contribution is 2.47. The topological polar surface area (TPSA) is 145 Å². The Morgan fingerprint density at radius 3 is 2.66 bits per heavy atom. The molecule has 2 amide bonds. The number of carbonyl (C=O) groups excluding carboxylic acids is 1. The number of carbonyl (C=O) groups is 1. The second-order valence-corrected chi connectivity index (χ2v) is 10.1. The van der Waals surface area contributed by atoms with E-state index in [0.717, 1.165) is 32.5 Å². The molecule has 3 aliphatic rings. The predicted octanol–water partition coefficient (Wildman–Crippen LogP) is 1.35. The van der Waals surface area contributed by atoms with Crippen LogP contribution in [0.15, 0.2) is 18.5 Å². The molecule has 0 aliphatic carbocycles. The number of piperidine rings is 1. The molecule has 0 spiro atoms. The minimum atomic E-state index is -0.328. The summed E-state index contributed by atoms with van der Waals surface area (Å²) in [4.78, 5) is 25.9. The van der Waals surface area contributed by atoms with Gasteiger partial charge in [-0.05, 0) is 52.2 Å². The third-order valence-electron chi connectivity index (χ3n) is 7.47. The summed E-state index contributed by atoms with van der Waals surface area (Å²) >= 11 is 0. The molecule has 0 bridgehead atoms. The fourth-order valence-corrected chi connectivity index (χ4v) is 5.21. The molecule has 3 aliphatic heterocycles. The van der Waals surface area contributed by atoms with Crippen LogP contribution in [-0.2, 0) is 11.3 Å². The van der Waals surface area contributed by atoms with Crippen molar-refractivity contribution in [2.45, 2.75) is 31.5 Å². The zero-order valence-electron chi connectivity index (χ0n) is 21.6. The summed E-state index contributed by atoms with van der Waals surface area (Å²) in [6.45, 7) is 4.70. The van der Waals surface area contributed by atoms with Crippen LogP contribution in [0.25, 0.3) is 22.3 Å². The zero-order chi connectivity index (χ0) is 26.2. The van der Waals surface area contributed by atoms with E-state index in [-0.39, 0.29) is 18.9 Å². The Hall–Kier alpha value is -3.68. The Bertz CT molecular complexity index is 1330. The van der Waals surface area contributed by atoms with E-state index < -0.39 is 0 Å². The number of hydrogen-bond acceptors (Lipinski definition) is 10. The molecule has 0 radical (unpaired) electrons. The van der Waals surface area contributed by atoms with Crippen LogP contribution in [-0.4, -0.2) is 101 Å². The van der Waals surface area contributed by atoms with Crippen LogP contribution in [0.1, 0.15) is 12.8 Å². The van der Waals surface area contributed by atoms with Crippen molar-refractivity contribution < 1.29 is 19.0 Å². The maximum absolute atomic E-state index is 12.4. The van der Waals surface area contributed by atoms with Crippen LogP contribution in [0.4, 0.5) is 16.3 Å². The lowest BCUT2D eigenvalue weighted by Gasteiger charge is -2.35. The van der Waals surface area contributed by atoms with Gasteiger partial charge in [0.05, 0.1) is 36.9 Å². The van der Waals surface area contributed by atoms with Gasteiger partial charge >= 0.3 is 6.03 Å². The van der Waals surface area contributed by atoms with E-state index in [1.165, 1.54) is 6.33 Å². The molecule has 0 saturated carbocycles. The number of urea groups is 1. The number of anilines is 2. The highest BCUT2D eigenvalue weighted by molar-refractivity contribution is 6.01. The van der Waals surface area contributed by atoms with Gasteiger partial charge in [0.25, 0.3) is 0 Å². The van der Waals surface area contributed by atoms with Gasteiger partial charge in [-0.1, -0.05) is 0 Å². The molecule has 5 heterocycles. The molecule has 0 unspecified atom stereocenters. The lowest BCUT2D eigenvalue weighted by atomic mass is 10.0. The van der Waals surface area contributed by atoms with E-state index in [2.05, 4.69) is 44.5 Å². The average molecular weight is 524 g/mol. The predicted molar refractivity (Wildman–Crippen MR) is 141 cm³/mol. The molecule has 13 heteroatoms. The Morgan fingerprint density at radius 2 is 1.92 bits per heavy atom. The van der Waals surface area contributed by atoms with Crippen LogP contribution < -0.4 is 25.8 Å². The average Bonchev–Trinajstić information content (AvgIpc) is 3.52. The third-order valence-corrected chi connectivity index (χ3v) is 7.47. The van der Waals surface area contributed by atoms with E-state index in [0.29, 0.717) is 71.1 Å². The van der Waals surface area contributed by atoms with Gasteiger partial charge in [-0.3, -0.25) is 0 Å². The lowest BCUT2D eigenvalue weighted by Crippen LogP contribution is -2.49. The van der Waals surface area contributed by atoms with Gasteiger partial charge in [0.2, 0.25) is 6.79 Å². The van der Waals surface area contributed by atoms with Gasteiger partial charge in [-0.15, -0.1) is 0 Å². The van der Waals surface area contributed by atoms with Crippen LogP contribution in [0.5, 0.6) is 11.5 Å². The molecule has 0 atom stereocenters. The normalized spacial score (nSPS) is 18.2. The standard InChI is InChI=1S/C25H33N9O4/c1-32(2)16-5-7-33(8-6-16)9-10-34-24-19(23(26)27-13-28-24)20(31-34)17-3-4-18(22-21(17)37-14-38-22)30-25(35)29-15-11-36-12-15/h3-4,13,15-16H,5-12,14H2,1-2H3,(H2,26,27,28)(H2,29,30,35). The van der Waals surface area contributed by atoms with Crippen molar-refractivity contribution >= 4 is 28.6 Å². The largest absolute Gasteiger partial charge is 0.453 e. The fourth-order valence-electron chi connectivity index (χ4n) is 5.21. The molecule has 4 N–H and O–H groups in total. The summed E-state index contributed by atoms with van der Waals surface area (Å²) in [7, 11) is 4.30. The van der Waals surface area contributed by atoms with Crippen LogP contribution in [0, 0.1) is 0 Å². The summed E-state index contributed by atoms with van der Waals surface area (Å²) in [6, 6.07) is 3.94. The van der Waals surface area contributed by atoms with Crippen molar-refractivity contribution in [1.29, 1.82) is 0 Å². The smallest absolute Gasteiger partial charge is 0.319 e. The maximum atomic E-state index is 12.4. The van der Waals surface area contributed by atoms with Gasteiger partial charge < -0.3 is 40.4 Å². The van der Waals surface area contributed by atoms with Gasteiger partial charge in [0, 0.05) is 18.2 Å². The van der Waals surface area contributed by atoms with Gasteiger partial charge in [0.15, 0.2) is 17.1 Å². The molecular weight excluding hydrogens is 490 g/mol. The third kappa shape index (κ3) is 4.68. The number of fused-ring (bicyclic) bond motifs is 2. The number of amides is 2. The van der Waals surface area contributed by atoms with Crippen LogP contribution in [0.3, 0.4) is 0 Å². The SMILES string of the molecule is CN(C)C1CCN(CCn2nc(-c3ccc(NC(=O)NC4COC4)c4c3OCO4)c3c(N)ncnc32)CC1. The molecule has 2 saturated heterocycles. The van der Waals surface area contributed by atoms with Crippen molar-refractivity contribution in [3.63, 3.8) is 0 Å². The van der Waals surface area contributed by atoms with Crippen molar-refractivity contribution in [2.75, 3.05) is 64.8 Å². The second kappa shape index (κ2) is 10.2. The van der Waals surface area contributed by atoms with E-state index in [4.69, 9.17) is 25.0 Å². The summed E-state index contributed by atoms with van der Waals surface area (Å²) in [5, 5.41) is 11.3. The minimum Gasteiger partial charge on any atom is -0.453 e. The second-order valence-electron chi connectivity index (χ2n) is 10.1. The summed E-state index contributed by atoms with van der Waals surface area (Å²) < 4.78 is 18.6. The van der Waals surface area contributed by atoms with Crippen molar-refractivity contribution in [3.05, 3.63) is 18.5 Å². The number of rotatable bonds is 7. The van der Waals surface area contributed by atoms with Crippen molar-refractivity contribution in [1.82, 2.24) is 34.9 Å². The number of aromatic nitrogens is 4. The maximum Gasteiger partial charge on any atom is 0.319 e. The number of likely N-dealkylation sites (tertiary alicyclic amines) is 1. The Labute approximate surface area is 220 Å². The number of nitrogens with zero attached hydrogens (tertiary/aromatic N) is 6. The highest BCUT2D eigenvalue weighted by atomic mass is 16.7. The summed E-state index contributed by atoms with van der Waals surface area (Å²) in [5.41, 5.74) is 8.83.